The van der Waals surface area contributed by atoms with E-state index in [-0.39, 0.29) is 0 Å². The van der Waals surface area contributed by atoms with E-state index < -0.39 is 17.4 Å². The molecule has 2 N–H and O–H groups in total. The third kappa shape index (κ3) is 2.41. The van der Waals surface area contributed by atoms with Gasteiger partial charge in [0.2, 0.25) is 0 Å². The molecule has 0 atom stereocenters. The molecule has 0 fully saturated rings. The van der Waals surface area contributed by atoms with Crippen LogP contribution in [0, 0.1) is 0 Å². The Morgan fingerprint density at radius 2 is 1.50 bits per heavy atom. The van der Waals surface area contributed by atoms with Gasteiger partial charge in [0.25, 0.3) is 0 Å². The van der Waals surface area contributed by atoms with Crippen molar-refractivity contribution in [3.05, 3.63) is 23.5 Å². The van der Waals surface area contributed by atoms with Gasteiger partial charge in [-0.1, -0.05) is 0 Å². The van der Waals surface area contributed by atoms with E-state index in [1.54, 1.807) is 13.8 Å². The lowest BCUT2D eigenvalue weighted by molar-refractivity contribution is -0.141. The minimum absolute atomic E-state index is 0.325. The van der Waals surface area contributed by atoms with Crippen molar-refractivity contribution in [3.63, 3.8) is 0 Å². The molecular formula is C8H10F3N3. The van der Waals surface area contributed by atoms with Gasteiger partial charge in [0.1, 0.15) is 0 Å². The van der Waals surface area contributed by atoms with Crippen LogP contribution in [0.3, 0.4) is 0 Å². The van der Waals surface area contributed by atoms with Crippen LogP contribution in [0.2, 0.25) is 0 Å². The average molecular weight is 205 g/mol. The molecular weight excluding hydrogens is 195 g/mol. The smallest absolute Gasteiger partial charge is 0.321 e. The predicted octanol–water partition coefficient (Wildman–Crippen LogP) is 1.69. The van der Waals surface area contributed by atoms with Crippen molar-refractivity contribution >= 4 is 0 Å². The van der Waals surface area contributed by atoms with Gasteiger partial charge in [-0.15, -0.1) is 5.10 Å². The molecule has 1 aromatic rings. The maximum atomic E-state index is 12.1. The Kier molecular flexibility index (Phi) is 2.49. The molecule has 0 spiro atoms. The second-order valence-electron chi connectivity index (χ2n) is 3.52. The van der Waals surface area contributed by atoms with Crippen molar-refractivity contribution < 1.29 is 13.2 Å². The van der Waals surface area contributed by atoms with Gasteiger partial charge in [-0.25, -0.2) is 0 Å². The lowest BCUT2D eigenvalue weighted by Crippen LogP contribution is -2.30. The first-order chi connectivity index (χ1) is 6.21. The van der Waals surface area contributed by atoms with Crippen molar-refractivity contribution in [2.45, 2.75) is 25.6 Å². The predicted molar refractivity (Wildman–Crippen MR) is 44.2 cm³/mol. The van der Waals surface area contributed by atoms with Gasteiger partial charge in [0.15, 0.2) is 5.69 Å². The van der Waals surface area contributed by atoms with Crippen molar-refractivity contribution in [1.82, 2.24) is 10.2 Å². The highest BCUT2D eigenvalue weighted by atomic mass is 19.4. The zero-order valence-electron chi connectivity index (χ0n) is 7.76. The van der Waals surface area contributed by atoms with E-state index >= 15 is 0 Å². The van der Waals surface area contributed by atoms with E-state index in [4.69, 9.17) is 5.73 Å². The number of hydrogen-bond donors (Lipinski definition) is 1. The van der Waals surface area contributed by atoms with Gasteiger partial charge < -0.3 is 5.73 Å². The summed E-state index contributed by atoms with van der Waals surface area (Å²) in [6.07, 6.45) is -4.45. The standard InChI is InChI=1S/C8H10F3N3/c1-7(2,12)5-3-4-6(14-13-5)8(9,10)11/h3-4H,12H2,1-2H3. The van der Waals surface area contributed by atoms with Crippen molar-refractivity contribution in [3.8, 4) is 0 Å². The Balaban J connectivity index is 3.02. The molecule has 0 aliphatic rings. The molecule has 0 saturated heterocycles. The van der Waals surface area contributed by atoms with E-state index in [0.29, 0.717) is 5.69 Å². The fraction of sp³-hybridized carbons (Fsp3) is 0.500. The van der Waals surface area contributed by atoms with Crippen molar-refractivity contribution in [2.75, 3.05) is 0 Å². The number of alkyl halides is 3. The van der Waals surface area contributed by atoms with E-state index in [9.17, 15) is 13.2 Å². The molecule has 3 nitrogen and oxygen atoms in total. The number of rotatable bonds is 1. The van der Waals surface area contributed by atoms with Crippen LogP contribution in [0.15, 0.2) is 12.1 Å². The topological polar surface area (TPSA) is 51.8 Å². The first-order valence-corrected chi connectivity index (χ1v) is 3.91. The average Bonchev–Trinajstić information content (AvgIpc) is 2.01. The highest BCUT2D eigenvalue weighted by Gasteiger charge is 2.33. The van der Waals surface area contributed by atoms with Gasteiger partial charge in [0, 0.05) is 0 Å². The summed E-state index contributed by atoms with van der Waals surface area (Å²) in [7, 11) is 0. The van der Waals surface area contributed by atoms with Gasteiger partial charge in [-0.3, -0.25) is 0 Å². The number of nitrogens with two attached hydrogens (primary N) is 1. The molecule has 0 saturated carbocycles. The molecule has 1 aromatic heterocycles. The van der Waals surface area contributed by atoms with E-state index in [2.05, 4.69) is 10.2 Å². The highest BCUT2D eigenvalue weighted by Crippen LogP contribution is 2.27. The van der Waals surface area contributed by atoms with Crippen LogP contribution in [-0.4, -0.2) is 10.2 Å². The highest BCUT2D eigenvalue weighted by molar-refractivity contribution is 5.14. The third-order valence-corrected chi connectivity index (χ3v) is 1.62. The van der Waals surface area contributed by atoms with Gasteiger partial charge in [-0.2, -0.15) is 18.3 Å². The number of hydrogen-bond acceptors (Lipinski definition) is 3. The number of nitrogens with zero attached hydrogens (tertiary/aromatic N) is 2. The lowest BCUT2D eigenvalue weighted by Gasteiger charge is -2.17. The molecule has 0 aliphatic heterocycles. The summed E-state index contributed by atoms with van der Waals surface area (Å²) >= 11 is 0. The summed E-state index contributed by atoms with van der Waals surface area (Å²) in [5.74, 6) is 0. The third-order valence-electron chi connectivity index (χ3n) is 1.62. The minimum Gasteiger partial charge on any atom is -0.321 e. The van der Waals surface area contributed by atoms with E-state index in [0.717, 1.165) is 6.07 Å². The van der Waals surface area contributed by atoms with Crippen LogP contribution in [0.1, 0.15) is 25.2 Å². The van der Waals surface area contributed by atoms with Gasteiger partial charge >= 0.3 is 6.18 Å². The van der Waals surface area contributed by atoms with E-state index in [1.807, 2.05) is 0 Å². The molecule has 14 heavy (non-hydrogen) atoms. The Morgan fingerprint density at radius 1 is 1.07 bits per heavy atom. The second-order valence-corrected chi connectivity index (χ2v) is 3.52. The SMILES string of the molecule is CC(C)(N)c1ccc(C(F)(F)F)nn1. The van der Waals surface area contributed by atoms with Crippen LogP contribution in [0.5, 0.6) is 0 Å². The van der Waals surface area contributed by atoms with Gasteiger partial charge in [-0.05, 0) is 26.0 Å². The van der Waals surface area contributed by atoms with Crippen molar-refractivity contribution in [1.29, 1.82) is 0 Å². The second kappa shape index (κ2) is 3.20. The number of aromatic nitrogens is 2. The molecule has 0 radical (unpaired) electrons. The molecule has 1 rings (SSSR count). The fourth-order valence-corrected chi connectivity index (χ4v) is 0.827. The van der Waals surface area contributed by atoms with E-state index in [1.165, 1.54) is 6.07 Å². The summed E-state index contributed by atoms with van der Waals surface area (Å²) in [4.78, 5) is 0. The molecule has 0 unspecified atom stereocenters. The largest absolute Gasteiger partial charge is 0.435 e. The summed E-state index contributed by atoms with van der Waals surface area (Å²) < 4.78 is 36.2. The molecule has 6 heteroatoms. The van der Waals surface area contributed by atoms with Gasteiger partial charge in [0.05, 0.1) is 11.2 Å². The van der Waals surface area contributed by atoms with Crippen LogP contribution >= 0.6 is 0 Å². The maximum absolute atomic E-state index is 12.1. The Labute approximate surface area is 79.1 Å². The van der Waals surface area contributed by atoms with Crippen LogP contribution in [0.25, 0.3) is 0 Å². The zero-order valence-corrected chi connectivity index (χ0v) is 7.76. The van der Waals surface area contributed by atoms with Crippen LogP contribution in [0.4, 0.5) is 13.2 Å². The maximum Gasteiger partial charge on any atom is 0.435 e. The molecule has 78 valence electrons. The molecule has 0 aliphatic carbocycles. The minimum atomic E-state index is -4.45. The first kappa shape index (κ1) is 10.9. The number of halogens is 3. The van der Waals surface area contributed by atoms with Crippen LogP contribution < -0.4 is 5.73 Å². The molecule has 1 heterocycles. The zero-order chi connectivity index (χ0) is 11.0. The summed E-state index contributed by atoms with van der Waals surface area (Å²) in [6.45, 7) is 3.29. The Bertz CT molecular complexity index is 277. The fourth-order valence-electron chi connectivity index (χ4n) is 0.827. The lowest BCUT2D eigenvalue weighted by atomic mass is 10.0. The Hall–Kier alpha value is -1.17. The molecule has 0 amide bonds. The summed E-state index contributed by atoms with van der Waals surface area (Å²) in [5, 5.41) is 6.48. The Morgan fingerprint density at radius 3 is 1.79 bits per heavy atom. The normalized spacial score (nSPS) is 13.0. The molecule has 0 aromatic carbocycles. The van der Waals surface area contributed by atoms with Crippen molar-refractivity contribution in [2.24, 2.45) is 5.73 Å². The quantitative estimate of drug-likeness (QED) is 0.759. The van der Waals surface area contributed by atoms with Crippen LogP contribution in [-0.2, 0) is 11.7 Å². The summed E-state index contributed by atoms with van der Waals surface area (Å²) in [5.41, 5.74) is 4.17. The monoisotopic (exact) mass is 205 g/mol. The molecule has 0 bridgehead atoms. The first-order valence-electron chi connectivity index (χ1n) is 3.91. The summed E-state index contributed by atoms with van der Waals surface area (Å²) in [6, 6.07) is 2.10.